The lowest BCUT2D eigenvalue weighted by molar-refractivity contribution is -0.123. The molecule has 2 atom stereocenters. The monoisotopic (exact) mass is 770 g/mol. The molecule has 0 spiro atoms. The normalized spacial score (nSPS) is 13.3. The predicted octanol–water partition coefficient (Wildman–Crippen LogP) is 15.5. The summed E-state index contributed by atoms with van der Waals surface area (Å²) in [6.45, 7) is 4.26. The molecule has 0 heterocycles. The van der Waals surface area contributed by atoms with Gasteiger partial charge in [0, 0.05) is 6.42 Å². The van der Waals surface area contributed by atoms with Crippen molar-refractivity contribution in [2.45, 2.75) is 264 Å². The van der Waals surface area contributed by atoms with E-state index in [-0.39, 0.29) is 12.5 Å². The molecule has 3 N–H and O–H groups in total. The van der Waals surface area contributed by atoms with Gasteiger partial charge in [-0.25, -0.2) is 0 Å². The fraction of sp³-hybridized carbons (Fsp3) is 0.824. The zero-order valence-corrected chi connectivity index (χ0v) is 36.9. The molecule has 0 aromatic rings. The van der Waals surface area contributed by atoms with Gasteiger partial charge in [-0.1, -0.05) is 242 Å². The number of aliphatic hydroxyl groups is 2. The van der Waals surface area contributed by atoms with Gasteiger partial charge in [0.1, 0.15) is 0 Å². The maximum absolute atomic E-state index is 12.4. The summed E-state index contributed by atoms with van der Waals surface area (Å²) in [6.07, 6.45) is 63.4. The summed E-state index contributed by atoms with van der Waals surface area (Å²) in [5.41, 5.74) is 0. The molecular formula is C51H95NO3. The average Bonchev–Trinajstić information content (AvgIpc) is 3.19. The van der Waals surface area contributed by atoms with E-state index in [1.165, 1.54) is 173 Å². The fourth-order valence-corrected chi connectivity index (χ4v) is 7.41. The fourth-order valence-electron chi connectivity index (χ4n) is 7.41. The molecule has 2 unspecified atom stereocenters. The number of amides is 1. The molecule has 0 aliphatic heterocycles. The first-order chi connectivity index (χ1) is 27.2. The van der Waals surface area contributed by atoms with Crippen molar-refractivity contribution < 1.29 is 15.0 Å². The molecule has 0 saturated heterocycles. The van der Waals surface area contributed by atoms with Gasteiger partial charge in [-0.2, -0.15) is 0 Å². The van der Waals surface area contributed by atoms with Gasteiger partial charge in [0.15, 0.2) is 0 Å². The van der Waals surface area contributed by atoms with Crippen LogP contribution < -0.4 is 5.32 Å². The van der Waals surface area contributed by atoms with Crippen molar-refractivity contribution in [3.05, 3.63) is 48.6 Å². The molecule has 0 aliphatic carbocycles. The maximum Gasteiger partial charge on any atom is 0.220 e. The minimum absolute atomic E-state index is 0.0353. The first kappa shape index (κ1) is 53.4. The lowest BCUT2D eigenvalue weighted by Gasteiger charge is -2.22. The number of aliphatic hydroxyl groups excluding tert-OH is 2. The molecule has 4 nitrogen and oxygen atoms in total. The Labute approximate surface area is 344 Å². The summed E-state index contributed by atoms with van der Waals surface area (Å²) in [6, 6.07) is -0.540. The van der Waals surface area contributed by atoms with E-state index >= 15 is 0 Å². The van der Waals surface area contributed by atoms with Crippen LogP contribution >= 0.6 is 0 Å². The van der Waals surface area contributed by atoms with E-state index in [1.807, 2.05) is 0 Å². The second-order valence-electron chi connectivity index (χ2n) is 16.5. The van der Waals surface area contributed by atoms with Gasteiger partial charge >= 0.3 is 0 Å². The largest absolute Gasteiger partial charge is 0.394 e. The highest BCUT2D eigenvalue weighted by molar-refractivity contribution is 5.76. The van der Waals surface area contributed by atoms with Crippen LogP contribution in [0.3, 0.4) is 0 Å². The highest BCUT2D eigenvalue weighted by Crippen LogP contribution is 2.16. The molecule has 0 bridgehead atoms. The van der Waals surface area contributed by atoms with Crippen LogP contribution in [-0.4, -0.2) is 34.9 Å². The van der Waals surface area contributed by atoms with Gasteiger partial charge in [-0.05, 0) is 51.4 Å². The number of carbonyl (C=O) groups excluding carboxylic acids is 1. The summed E-state index contributed by atoms with van der Waals surface area (Å²) >= 11 is 0. The SMILES string of the molecule is CC/C=C\C/C=C\C/C=C\C/C=C\CCCCCCCCCCCCC(=O)NC(CO)C(O)CCCCCCCCCCCCCCCCCCCCCC. The Morgan fingerprint density at radius 1 is 0.455 bits per heavy atom. The van der Waals surface area contributed by atoms with Gasteiger partial charge in [0.05, 0.1) is 18.8 Å². The minimum atomic E-state index is -0.663. The number of rotatable bonds is 44. The van der Waals surface area contributed by atoms with Crippen LogP contribution in [0.4, 0.5) is 0 Å². The number of nitrogens with one attached hydrogen (secondary N) is 1. The van der Waals surface area contributed by atoms with Gasteiger partial charge in [-0.3, -0.25) is 4.79 Å². The second-order valence-corrected chi connectivity index (χ2v) is 16.5. The number of carbonyl (C=O) groups is 1. The third-order valence-corrected chi connectivity index (χ3v) is 11.1. The van der Waals surface area contributed by atoms with E-state index in [0.717, 1.165) is 51.4 Å². The molecule has 0 saturated carbocycles. The second kappa shape index (κ2) is 46.7. The van der Waals surface area contributed by atoms with Crippen molar-refractivity contribution in [3.63, 3.8) is 0 Å². The third kappa shape index (κ3) is 43.3. The van der Waals surface area contributed by atoms with Gasteiger partial charge in [0.25, 0.3) is 0 Å². The number of unbranched alkanes of at least 4 members (excludes halogenated alkanes) is 29. The Kier molecular flexibility index (Phi) is 45.3. The molecule has 0 aliphatic rings. The molecule has 0 rings (SSSR count). The Morgan fingerprint density at radius 3 is 1.20 bits per heavy atom. The molecule has 0 fully saturated rings. The first-order valence-electron chi connectivity index (χ1n) is 24.3. The topological polar surface area (TPSA) is 69.6 Å². The molecule has 1 amide bonds. The summed E-state index contributed by atoms with van der Waals surface area (Å²) in [5, 5.41) is 23.3. The summed E-state index contributed by atoms with van der Waals surface area (Å²) in [5.74, 6) is -0.0353. The molecule has 4 heteroatoms. The Hall–Kier alpha value is -1.65. The highest BCUT2D eigenvalue weighted by Gasteiger charge is 2.20. The predicted molar refractivity (Wildman–Crippen MR) is 244 cm³/mol. The van der Waals surface area contributed by atoms with Gasteiger partial charge in [0.2, 0.25) is 5.91 Å². The lowest BCUT2D eigenvalue weighted by Crippen LogP contribution is -2.45. The smallest absolute Gasteiger partial charge is 0.220 e. The van der Waals surface area contributed by atoms with Crippen LogP contribution in [-0.2, 0) is 4.79 Å². The Bertz CT molecular complexity index is 877. The van der Waals surface area contributed by atoms with E-state index in [2.05, 4.69) is 67.8 Å². The Balaban J connectivity index is 3.51. The molecule has 0 aromatic heterocycles. The van der Waals surface area contributed by atoms with Crippen molar-refractivity contribution in [2.75, 3.05) is 6.61 Å². The van der Waals surface area contributed by atoms with Crippen LogP contribution in [0.25, 0.3) is 0 Å². The lowest BCUT2D eigenvalue weighted by atomic mass is 10.0. The molecule has 322 valence electrons. The summed E-state index contributed by atoms with van der Waals surface area (Å²) in [4.78, 5) is 12.4. The maximum atomic E-state index is 12.4. The highest BCUT2D eigenvalue weighted by atomic mass is 16.3. The summed E-state index contributed by atoms with van der Waals surface area (Å²) in [7, 11) is 0. The van der Waals surface area contributed by atoms with Crippen molar-refractivity contribution in [2.24, 2.45) is 0 Å². The standard InChI is InChI=1S/C51H95NO3/c1-3-5-7-9-11-13-15-17-19-21-23-25-26-27-29-31-33-35-37-39-41-43-45-47-51(55)52-49(48-53)50(54)46-44-42-40-38-36-34-32-30-28-24-22-20-18-16-14-12-10-8-6-4-2/h5,7,11,13,17,19,23,25,49-50,53-54H,3-4,6,8-10,12,14-16,18,20-22,24,26-48H2,1-2H3,(H,52,55)/b7-5-,13-11-,19-17-,25-23-. The minimum Gasteiger partial charge on any atom is -0.394 e. The molecule has 55 heavy (non-hydrogen) atoms. The van der Waals surface area contributed by atoms with E-state index in [9.17, 15) is 15.0 Å². The Morgan fingerprint density at radius 2 is 0.800 bits per heavy atom. The summed E-state index contributed by atoms with van der Waals surface area (Å²) < 4.78 is 0. The molecule has 0 aromatic carbocycles. The van der Waals surface area contributed by atoms with Gasteiger partial charge in [-0.15, -0.1) is 0 Å². The average molecular weight is 770 g/mol. The van der Waals surface area contributed by atoms with Crippen molar-refractivity contribution >= 4 is 5.91 Å². The first-order valence-corrected chi connectivity index (χ1v) is 24.3. The van der Waals surface area contributed by atoms with Crippen molar-refractivity contribution in [1.29, 1.82) is 0 Å². The zero-order valence-electron chi connectivity index (χ0n) is 36.9. The van der Waals surface area contributed by atoms with E-state index in [4.69, 9.17) is 0 Å². The van der Waals surface area contributed by atoms with Crippen LogP contribution in [0, 0.1) is 0 Å². The van der Waals surface area contributed by atoms with Gasteiger partial charge < -0.3 is 15.5 Å². The van der Waals surface area contributed by atoms with Crippen LogP contribution in [0.15, 0.2) is 48.6 Å². The van der Waals surface area contributed by atoms with Crippen LogP contribution in [0.5, 0.6) is 0 Å². The van der Waals surface area contributed by atoms with Crippen LogP contribution in [0.1, 0.15) is 251 Å². The van der Waals surface area contributed by atoms with E-state index < -0.39 is 12.1 Å². The van der Waals surface area contributed by atoms with Crippen molar-refractivity contribution in [1.82, 2.24) is 5.32 Å². The molecular weight excluding hydrogens is 675 g/mol. The quantitative estimate of drug-likeness (QED) is 0.0427. The van der Waals surface area contributed by atoms with Crippen molar-refractivity contribution in [3.8, 4) is 0 Å². The number of hydrogen-bond donors (Lipinski definition) is 3. The van der Waals surface area contributed by atoms with Crippen LogP contribution in [0.2, 0.25) is 0 Å². The van der Waals surface area contributed by atoms with E-state index in [1.54, 1.807) is 0 Å². The van der Waals surface area contributed by atoms with E-state index in [0.29, 0.717) is 12.8 Å². The number of allylic oxidation sites excluding steroid dienone is 8. The zero-order chi connectivity index (χ0) is 40.0. The number of hydrogen-bond acceptors (Lipinski definition) is 3. The third-order valence-electron chi connectivity index (χ3n) is 11.1. The molecule has 0 radical (unpaired) electrons.